The van der Waals surface area contributed by atoms with Crippen LogP contribution in [-0.4, -0.2) is 12.6 Å². The number of hydrogen-bond acceptors (Lipinski definition) is 4. The number of nitrogens with zero attached hydrogens (tertiary/aromatic N) is 1. The van der Waals surface area contributed by atoms with E-state index in [4.69, 9.17) is 16.3 Å². The Morgan fingerprint density at radius 3 is 2.78 bits per heavy atom. The van der Waals surface area contributed by atoms with Crippen molar-refractivity contribution in [2.45, 2.75) is 26.8 Å². The number of hydrogen-bond donors (Lipinski definition) is 1. The summed E-state index contributed by atoms with van der Waals surface area (Å²) in [7, 11) is 0. The molecule has 2 heterocycles. The van der Waals surface area contributed by atoms with E-state index in [1.165, 1.54) is 9.75 Å². The zero-order valence-corrected chi connectivity index (χ0v) is 12.9. The van der Waals surface area contributed by atoms with Crippen molar-refractivity contribution in [3.63, 3.8) is 0 Å². The molecule has 0 fully saturated rings. The molecule has 1 aliphatic heterocycles. The van der Waals surface area contributed by atoms with Crippen molar-refractivity contribution < 1.29 is 4.74 Å². The maximum absolute atomic E-state index is 6.20. The molecule has 6 heteroatoms. The lowest BCUT2D eigenvalue weighted by Gasteiger charge is -2.19. The number of ether oxygens (including phenoxy) is 1. The summed E-state index contributed by atoms with van der Waals surface area (Å²) in [5.74, 6) is 0. The van der Waals surface area contributed by atoms with Gasteiger partial charge in [0.1, 0.15) is 6.04 Å². The van der Waals surface area contributed by atoms with E-state index >= 15 is 0 Å². The highest BCUT2D eigenvalue weighted by molar-refractivity contribution is 7.12. The van der Waals surface area contributed by atoms with Crippen LogP contribution < -0.4 is 5.32 Å². The predicted octanol–water partition coefficient (Wildman–Crippen LogP) is 3.90. The molecule has 100 valence electrons. The van der Waals surface area contributed by atoms with Crippen molar-refractivity contribution in [3.05, 3.63) is 32.6 Å². The molecule has 18 heavy (non-hydrogen) atoms. The zero-order valence-electron chi connectivity index (χ0n) is 10.5. The van der Waals surface area contributed by atoms with Crippen LogP contribution in [0.15, 0.2) is 22.3 Å². The van der Waals surface area contributed by atoms with Crippen LogP contribution in [0.4, 0.5) is 0 Å². The summed E-state index contributed by atoms with van der Waals surface area (Å²) >= 11 is 7.97. The molecule has 0 spiro atoms. The van der Waals surface area contributed by atoms with Crippen LogP contribution in [0.1, 0.15) is 28.3 Å². The van der Waals surface area contributed by atoms with Crippen LogP contribution in [0.5, 0.6) is 0 Å². The Bertz CT molecular complexity index is 482. The second-order valence-electron chi connectivity index (χ2n) is 3.81. The number of thiophene rings is 1. The third-order valence-electron chi connectivity index (χ3n) is 2.50. The van der Waals surface area contributed by atoms with E-state index in [1.807, 2.05) is 6.92 Å². The van der Waals surface area contributed by atoms with Crippen molar-refractivity contribution in [1.29, 1.82) is 0 Å². The van der Waals surface area contributed by atoms with E-state index in [2.05, 4.69) is 30.2 Å². The Hall–Kier alpha value is -0.710. The molecule has 3 nitrogen and oxygen atoms in total. The molecule has 1 aromatic rings. The minimum Gasteiger partial charge on any atom is -0.465 e. The number of aliphatic imine (C=N–C) groups is 1. The fourth-order valence-electron chi connectivity index (χ4n) is 1.78. The van der Waals surface area contributed by atoms with Crippen LogP contribution in [0.2, 0.25) is 0 Å². The van der Waals surface area contributed by atoms with Crippen molar-refractivity contribution in [2.75, 3.05) is 6.61 Å². The fraction of sp³-hybridized carbons (Fsp3) is 0.417. The topological polar surface area (TPSA) is 33.6 Å². The van der Waals surface area contributed by atoms with Crippen LogP contribution in [0.3, 0.4) is 0 Å². The summed E-state index contributed by atoms with van der Waals surface area (Å²) in [6.45, 7) is 6.70. The lowest BCUT2D eigenvalue weighted by Crippen LogP contribution is -2.26. The summed E-state index contributed by atoms with van der Waals surface area (Å²) in [5, 5.41) is 3.62. The maximum Gasteiger partial charge on any atom is 0.289 e. The first-order chi connectivity index (χ1) is 8.11. The Morgan fingerprint density at radius 1 is 1.50 bits per heavy atom. The van der Waals surface area contributed by atoms with Gasteiger partial charge in [0.25, 0.3) is 6.02 Å². The van der Waals surface area contributed by atoms with Gasteiger partial charge >= 0.3 is 0 Å². The van der Waals surface area contributed by atoms with Gasteiger partial charge in [0.15, 0.2) is 0 Å². The van der Waals surface area contributed by atoms with Crippen molar-refractivity contribution in [2.24, 2.45) is 4.99 Å². The molecular weight excluding hydrogens is 291 g/mol. The standard InChI is InChI=1S/C12H15ClN2OS.ClH/c1-4-16-12-14-6-10(13)11(15-12)9-5-7(2)17-8(9)3;/h5-6,11H,4H2,1-3H3,(H,14,15);1H. The van der Waals surface area contributed by atoms with Gasteiger partial charge in [-0.25, -0.2) is 4.99 Å². The van der Waals surface area contributed by atoms with Gasteiger partial charge in [0.2, 0.25) is 0 Å². The molecule has 0 bridgehead atoms. The van der Waals surface area contributed by atoms with Gasteiger partial charge in [-0.3, -0.25) is 0 Å². The summed E-state index contributed by atoms with van der Waals surface area (Å²) in [4.78, 5) is 7.01. The average molecular weight is 307 g/mol. The first-order valence-electron chi connectivity index (χ1n) is 5.51. The molecule has 2 rings (SSSR count). The van der Waals surface area contributed by atoms with Crippen LogP contribution in [-0.2, 0) is 4.74 Å². The monoisotopic (exact) mass is 306 g/mol. The normalized spacial score (nSPS) is 18.3. The van der Waals surface area contributed by atoms with Crippen LogP contribution in [0.25, 0.3) is 0 Å². The maximum atomic E-state index is 6.20. The van der Waals surface area contributed by atoms with Gasteiger partial charge in [-0.05, 0) is 32.4 Å². The molecule has 0 aromatic carbocycles. The molecule has 1 aliphatic rings. The quantitative estimate of drug-likeness (QED) is 0.899. The van der Waals surface area contributed by atoms with E-state index in [0.717, 1.165) is 5.56 Å². The van der Waals surface area contributed by atoms with Crippen LogP contribution in [0, 0.1) is 13.8 Å². The molecular formula is C12H16Cl2N2OS. The molecule has 0 radical (unpaired) electrons. The lowest BCUT2D eigenvalue weighted by molar-refractivity contribution is 0.310. The van der Waals surface area contributed by atoms with E-state index < -0.39 is 0 Å². The highest BCUT2D eigenvalue weighted by Crippen LogP contribution is 2.36. The molecule has 1 aromatic heterocycles. The number of nitrogens with one attached hydrogen (secondary N) is 1. The second kappa shape index (κ2) is 6.45. The summed E-state index contributed by atoms with van der Waals surface area (Å²) < 4.78 is 5.37. The fourth-order valence-corrected chi connectivity index (χ4v) is 2.96. The van der Waals surface area contributed by atoms with E-state index in [-0.39, 0.29) is 18.4 Å². The van der Waals surface area contributed by atoms with Crippen molar-refractivity contribution in [1.82, 2.24) is 5.32 Å². The highest BCUT2D eigenvalue weighted by Gasteiger charge is 2.22. The molecule has 0 saturated heterocycles. The first kappa shape index (κ1) is 15.3. The van der Waals surface area contributed by atoms with E-state index in [0.29, 0.717) is 17.7 Å². The van der Waals surface area contributed by atoms with Gasteiger partial charge in [0, 0.05) is 16.0 Å². The third kappa shape index (κ3) is 3.19. The second-order valence-corrected chi connectivity index (χ2v) is 5.71. The van der Waals surface area contributed by atoms with E-state index in [9.17, 15) is 0 Å². The molecule has 1 unspecified atom stereocenters. The zero-order chi connectivity index (χ0) is 12.4. The molecule has 0 amide bonds. The predicted molar refractivity (Wildman–Crippen MR) is 79.9 cm³/mol. The summed E-state index contributed by atoms with van der Waals surface area (Å²) in [6.07, 6.45) is 1.75. The lowest BCUT2D eigenvalue weighted by atomic mass is 10.1. The van der Waals surface area contributed by atoms with Gasteiger partial charge in [0.05, 0.1) is 11.6 Å². The largest absolute Gasteiger partial charge is 0.465 e. The molecule has 0 aliphatic carbocycles. The summed E-state index contributed by atoms with van der Waals surface area (Å²) in [5.41, 5.74) is 1.16. The van der Waals surface area contributed by atoms with Crippen molar-refractivity contribution in [3.8, 4) is 0 Å². The Kier molecular flexibility index (Phi) is 5.50. The molecule has 0 saturated carbocycles. The van der Waals surface area contributed by atoms with Crippen LogP contribution >= 0.6 is 35.3 Å². The van der Waals surface area contributed by atoms with Gasteiger partial charge in [-0.1, -0.05) is 11.6 Å². The Labute approximate surface area is 122 Å². The first-order valence-corrected chi connectivity index (χ1v) is 6.71. The van der Waals surface area contributed by atoms with E-state index in [1.54, 1.807) is 17.5 Å². The minimum absolute atomic E-state index is 0. The SMILES string of the molecule is CCOC1=NC(c2cc(C)sc2C)C(Cl)=CN1.Cl. The molecule has 1 atom stereocenters. The molecule has 1 N–H and O–H groups in total. The van der Waals surface area contributed by atoms with Gasteiger partial charge < -0.3 is 10.1 Å². The highest BCUT2D eigenvalue weighted by atomic mass is 35.5. The third-order valence-corrected chi connectivity index (χ3v) is 3.79. The average Bonchev–Trinajstić information content (AvgIpc) is 2.61. The Balaban J connectivity index is 0.00000162. The van der Waals surface area contributed by atoms with Gasteiger partial charge in [-0.2, -0.15) is 0 Å². The number of amidine groups is 1. The van der Waals surface area contributed by atoms with Crippen molar-refractivity contribution >= 4 is 41.4 Å². The minimum atomic E-state index is -0.135. The number of aryl methyl sites for hydroxylation is 2. The summed E-state index contributed by atoms with van der Waals surface area (Å²) in [6, 6.07) is 2.54. The number of halogens is 2. The number of rotatable bonds is 2. The Morgan fingerprint density at radius 2 is 2.22 bits per heavy atom. The smallest absolute Gasteiger partial charge is 0.289 e. The van der Waals surface area contributed by atoms with Gasteiger partial charge in [-0.15, -0.1) is 23.7 Å².